The van der Waals surface area contributed by atoms with Crippen LogP contribution in [0.5, 0.6) is 0 Å². The van der Waals surface area contributed by atoms with Crippen LogP contribution in [-0.2, 0) is 9.84 Å². The van der Waals surface area contributed by atoms with Crippen molar-refractivity contribution in [2.45, 2.75) is 30.7 Å². The van der Waals surface area contributed by atoms with Crippen LogP contribution in [-0.4, -0.2) is 21.2 Å². The Morgan fingerprint density at radius 1 is 1.28 bits per heavy atom. The summed E-state index contributed by atoms with van der Waals surface area (Å²) >= 11 is 6.33. The molecule has 2 aromatic rings. The van der Waals surface area contributed by atoms with Crippen LogP contribution >= 0.6 is 11.6 Å². The lowest BCUT2D eigenvalue weighted by Gasteiger charge is -2.29. The minimum Gasteiger partial charge on any atom is -0.364 e. The smallest absolute Gasteiger partial charge is 0.175 e. The Labute approximate surface area is 153 Å². The number of nitriles is 1. The Morgan fingerprint density at radius 2 is 2.04 bits per heavy atom. The molecule has 1 atom stereocenters. The van der Waals surface area contributed by atoms with Crippen LogP contribution in [0.25, 0.3) is 0 Å². The summed E-state index contributed by atoms with van der Waals surface area (Å²) in [5, 5.41) is 9.61. The third-order valence-corrected chi connectivity index (χ3v) is 6.31. The summed E-state index contributed by atoms with van der Waals surface area (Å²) in [5.74, 6) is 0. The van der Waals surface area contributed by atoms with E-state index in [0.29, 0.717) is 15.5 Å². The second-order valence-corrected chi connectivity index (χ2v) is 8.77. The molecule has 1 unspecified atom stereocenters. The Morgan fingerprint density at radius 3 is 2.72 bits per heavy atom. The molecule has 0 N–H and O–H groups in total. The van der Waals surface area contributed by atoms with Crippen LogP contribution in [0.4, 0.5) is 5.69 Å². The lowest BCUT2D eigenvalue weighted by atomic mass is 10.0. The number of hydrogen-bond donors (Lipinski definition) is 0. The van der Waals surface area contributed by atoms with Crippen molar-refractivity contribution in [3.63, 3.8) is 0 Å². The number of anilines is 1. The lowest BCUT2D eigenvalue weighted by Crippen LogP contribution is -2.23. The van der Waals surface area contributed by atoms with E-state index < -0.39 is 9.84 Å². The maximum Gasteiger partial charge on any atom is 0.175 e. The zero-order valence-corrected chi connectivity index (χ0v) is 15.7. The van der Waals surface area contributed by atoms with Crippen LogP contribution in [0.15, 0.2) is 41.3 Å². The molecule has 25 heavy (non-hydrogen) atoms. The van der Waals surface area contributed by atoms with E-state index >= 15 is 0 Å². The van der Waals surface area contributed by atoms with Crippen LogP contribution in [0.1, 0.15) is 35.6 Å². The number of benzene rings is 2. The summed E-state index contributed by atoms with van der Waals surface area (Å²) in [6.07, 6.45) is 3.19. The van der Waals surface area contributed by atoms with E-state index in [0.717, 1.165) is 36.2 Å². The number of nitrogens with zero attached hydrogens (tertiary/aromatic N) is 2. The normalized spacial score (nSPS) is 17.5. The molecule has 1 aliphatic heterocycles. The van der Waals surface area contributed by atoms with Crippen molar-refractivity contribution >= 4 is 27.1 Å². The lowest BCUT2D eigenvalue weighted by molar-refractivity contribution is 0.601. The fraction of sp³-hybridized carbons (Fsp3) is 0.316. The number of hydrogen-bond acceptors (Lipinski definition) is 4. The number of rotatable bonds is 3. The largest absolute Gasteiger partial charge is 0.364 e. The van der Waals surface area contributed by atoms with E-state index in [1.807, 2.05) is 19.1 Å². The van der Waals surface area contributed by atoms with Gasteiger partial charge in [0, 0.05) is 18.5 Å². The molecule has 1 saturated heterocycles. The van der Waals surface area contributed by atoms with Gasteiger partial charge in [0.15, 0.2) is 9.84 Å². The zero-order valence-electron chi connectivity index (χ0n) is 14.2. The Balaban J connectivity index is 2.03. The highest BCUT2D eigenvalue weighted by molar-refractivity contribution is 7.90. The molecule has 1 aliphatic rings. The molecule has 3 rings (SSSR count). The number of sulfone groups is 1. The van der Waals surface area contributed by atoms with Crippen LogP contribution in [0.3, 0.4) is 0 Å². The predicted molar refractivity (Wildman–Crippen MR) is 99.8 cm³/mol. The Bertz CT molecular complexity index is 964. The van der Waals surface area contributed by atoms with Crippen LogP contribution in [0, 0.1) is 18.3 Å². The van der Waals surface area contributed by atoms with E-state index in [9.17, 15) is 8.42 Å². The number of halogens is 1. The molecule has 0 spiro atoms. The minimum absolute atomic E-state index is 0.101. The van der Waals surface area contributed by atoms with Crippen molar-refractivity contribution in [1.82, 2.24) is 0 Å². The first-order valence-electron chi connectivity index (χ1n) is 8.09. The van der Waals surface area contributed by atoms with Gasteiger partial charge in [-0.3, -0.25) is 0 Å². The van der Waals surface area contributed by atoms with Gasteiger partial charge in [-0.15, -0.1) is 0 Å². The summed E-state index contributed by atoms with van der Waals surface area (Å²) < 4.78 is 23.7. The van der Waals surface area contributed by atoms with Gasteiger partial charge in [-0.25, -0.2) is 8.42 Å². The topological polar surface area (TPSA) is 61.2 Å². The maximum absolute atomic E-state index is 11.9. The second-order valence-electron chi connectivity index (χ2n) is 6.38. The molecule has 0 amide bonds. The molecule has 0 saturated carbocycles. The van der Waals surface area contributed by atoms with Gasteiger partial charge < -0.3 is 4.90 Å². The summed E-state index contributed by atoms with van der Waals surface area (Å²) in [4.78, 5) is 2.59. The quantitative estimate of drug-likeness (QED) is 0.805. The second kappa shape index (κ2) is 6.70. The van der Waals surface area contributed by atoms with E-state index in [4.69, 9.17) is 16.9 Å². The summed E-state index contributed by atoms with van der Waals surface area (Å²) in [6, 6.07) is 13.0. The maximum atomic E-state index is 11.9. The predicted octanol–water partition coefficient (Wildman–Crippen LogP) is 4.27. The first-order valence-corrected chi connectivity index (χ1v) is 10.4. The fourth-order valence-corrected chi connectivity index (χ4v) is 4.30. The van der Waals surface area contributed by atoms with Crippen LogP contribution < -0.4 is 4.90 Å². The fourth-order valence-electron chi connectivity index (χ4n) is 3.43. The molecule has 0 aromatic heterocycles. The summed E-state index contributed by atoms with van der Waals surface area (Å²) in [5.41, 5.74) is 3.33. The van der Waals surface area contributed by atoms with E-state index in [1.165, 1.54) is 6.26 Å². The molecule has 0 radical (unpaired) electrons. The van der Waals surface area contributed by atoms with Crippen molar-refractivity contribution in [2.24, 2.45) is 0 Å². The molecule has 0 aliphatic carbocycles. The Hall–Kier alpha value is -2.03. The summed E-state index contributed by atoms with van der Waals surface area (Å²) in [6.45, 7) is 2.79. The standard InChI is InChI=1S/C19H19ClN2O2S/c1-13-17(9-8-15(12-21)19(13)20)22-10-4-7-18(22)14-5-3-6-16(11-14)25(2,23)24/h3,5-6,8-9,11,18H,4,7,10H2,1-2H3. The van der Waals surface area contributed by atoms with E-state index in [1.54, 1.807) is 24.3 Å². The molecule has 130 valence electrons. The van der Waals surface area contributed by atoms with Crippen molar-refractivity contribution < 1.29 is 8.42 Å². The van der Waals surface area contributed by atoms with Crippen molar-refractivity contribution in [2.75, 3.05) is 17.7 Å². The monoisotopic (exact) mass is 374 g/mol. The van der Waals surface area contributed by atoms with E-state index in [2.05, 4.69) is 11.0 Å². The van der Waals surface area contributed by atoms with Crippen molar-refractivity contribution in [3.8, 4) is 6.07 Å². The third-order valence-electron chi connectivity index (χ3n) is 4.71. The molecule has 2 aromatic carbocycles. The first kappa shape index (κ1) is 17.8. The highest BCUT2D eigenvalue weighted by Crippen LogP contribution is 2.40. The zero-order chi connectivity index (χ0) is 18.2. The van der Waals surface area contributed by atoms with Gasteiger partial charge in [0.05, 0.1) is 21.5 Å². The van der Waals surface area contributed by atoms with E-state index in [-0.39, 0.29) is 6.04 Å². The van der Waals surface area contributed by atoms with Gasteiger partial charge in [-0.05, 0) is 55.2 Å². The van der Waals surface area contributed by atoms with Gasteiger partial charge in [-0.2, -0.15) is 5.26 Å². The highest BCUT2D eigenvalue weighted by atomic mass is 35.5. The molecule has 0 bridgehead atoms. The van der Waals surface area contributed by atoms with Crippen molar-refractivity contribution in [3.05, 3.63) is 58.1 Å². The van der Waals surface area contributed by atoms with Gasteiger partial charge in [0.2, 0.25) is 0 Å². The van der Waals surface area contributed by atoms with Gasteiger partial charge in [0.1, 0.15) is 6.07 Å². The highest BCUT2D eigenvalue weighted by Gasteiger charge is 2.28. The van der Waals surface area contributed by atoms with Crippen LogP contribution in [0.2, 0.25) is 5.02 Å². The molecular formula is C19H19ClN2O2S. The Kier molecular flexibility index (Phi) is 4.77. The third kappa shape index (κ3) is 3.37. The SMILES string of the molecule is Cc1c(N2CCCC2c2cccc(S(C)(=O)=O)c2)ccc(C#N)c1Cl. The first-order chi connectivity index (χ1) is 11.8. The molecule has 1 fully saturated rings. The molecule has 1 heterocycles. The van der Waals surface area contributed by atoms with Gasteiger partial charge in [-0.1, -0.05) is 23.7 Å². The van der Waals surface area contributed by atoms with Gasteiger partial charge >= 0.3 is 0 Å². The van der Waals surface area contributed by atoms with Crippen molar-refractivity contribution in [1.29, 1.82) is 5.26 Å². The molecule has 4 nitrogen and oxygen atoms in total. The minimum atomic E-state index is -3.24. The average Bonchev–Trinajstić information content (AvgIpc) is 3.06. The van der Waals surface area contributed by atoms with Gasteiger partial charge in [0.25, 0.3) is 0 Å². The average molecular weight is 375 g/mol. The molecule has 6 heteroatoms. The molecular weight excluding hydrogens is 356 g/mol. The summed E-state index contributed by atoms with van der Waals surface area (Å²) in [7, 11) is -3.24.